The van der Waals surface area contributed by atoms with Crippen molar-refractivity contribution >= 4 is 5.91 Å². The van der Waals surface area contributed by atoms with E-state index in [9.17, 15) is 4.79 Å². The molecular weight excluding hydrogens is 330 g/mol. The van der Waals surface area contributed by atoms with Gasteiger partial charge in [0.1, 0.15) is 6.54 Å². The van der Waals surface area contributed by atoms with Gasteiger partial charge in [-0.05, 0) is 30.9 Å². The third kappa shape index (κ3) is 3.79. The van der Waals surface area contributed by atoms with Gasteiger partial charge in [-0.2, -0.15) is 4.80 Å². The molecule has 2 heterocycles. The maximum atomic E-state index is 12.1. The van der Waals surface area contributed by atoms with E-state index in [1.54, 1.807) is 28.1 Å². The number of aromatic nitrogens is 6. The van der Waals surface area contributed by atoms with Crippen LogP contribution in [0.5, 0.6) is 0 Å². The largest absolute Gasteiger partial charge is 0.352 e. The second-order valence-corrected chi connectivity index (χ2v) is 6.61. The molecule has 1 N–H and O–H groups in total. The summed E-state index contributed by atoms with van der Waals surface area (Å²) in [5, 5.41) is 16.0. The van der Waals surface area contributed by atoms with Crippen molar-refractivity contribution in [2.24, 2.45) is 0 Å². The fourth-order valence-electron chi connectivity index (χ4n) is 3.35. The molecule has 1 saturated carbocycles. The third-order valence-electron chi connectivity index (χ3n) is 4.73. The highest BCUT2D eigenvalue weighted by atomic mass is 16.2. The highest BCUT2D eigenvalue weighted by molar-refractivity contribution is 5.76. The zero-order valence-electron chi connectivity index (χ0n) is 14.4. The summed E-state index contributed by atoms with van der Waals surface area (Å²) in [5.41, 5.74) is 0.971. The van der Waals surface area contributed by atoms with Crippen LogP contribution in [0.15, 0.2) is 49.1 Å². The molecule has 0 radical (unpaired) electrons. The summed E-state index contributed by atoms with van der Waals surface area (Å²) in [4.78, 5) is 17.8. The smallest absolute Gasteiger partial charge is 0.240 e. The van der Waals surface area contributed by atoms with Crippen LogP contribution in [0.25, 0.3) is 11.4 Å². The number of imidazole rings is 1. The van der Waals surface area contributed by atoms with Gasteiger partial charge in [-0.3, -0.25) is 4.79 Å². The minimum Gasteiger partial charge on any atom is -0.352 e. The molecular formula is C18H21N7O. The first kappa shape index (κ1) is 16.4. The molecule has 134 valence electrons. The lowest BCUT2D eigenvalue weighted by Gasteiger charge is -2.28. The molecule has 0 aliphatic heterocycles. The molecule has 0 atom stereocenters. The summed E-state index contributed by atoms with van der Waals surface area (Å²) in [6.07, 6.45) is 8.81. The van der Waals surface area contributed by atoms with E-state index in [1.807, 2.05) is 30.3 Å². The van der Waals surface area contributed by atoms with Gasteiger partial charge in [0, 0.05) is 24.0 Å². The molecule has 1 amide bonds. The summed E-state index contributed by atoms with van der Waals surface area (Å²) in [6.45, 7) is 0.311. The number of tetrazole rings is 1. The molecule has 1 aliphatic rings. The van der Waals surface area contributed by atoms with Crippen molar-refractivity contribution in [2.45, 2.75) is 44.3 Å². The molecule has 0 bridgehead atoms. The Labute approximate surface area is 151 Å². The van der Waals surface area contributed by atoms with Gasteiger partial charge in [-0.15, -0.1) is 10.2 Å². The molecule has 1 fully saturated rings. The van der Waals surface area contributed by atoms with Gasteiger partial charge in [-0.25, -0.2) is 4.98 Å². The zero-order valence-corrected chi connectivity index (χ0v) is 14.4. The van der Waals surface area contributed by atoms with Gasteiger partial charge < -0.3 is 9.88 Å². The van der Waals surface area contributed by atoms with Crippen LogP contribution in [0.1, 0.15) is 31.7 Å². The van der Waals surface area contributed by atoms with Crippen molar-refractivity contribution in [3.63, 3.8) is 0 Å². The molecule has 2 aromatic heterocycles. The second kappa shape index (κ2) is 7.47. The average molecular weight is 351 g/mol. The Morgan fingerprint density at radius 1 is 1.15 bits per heavy atom. The first-order chi connectivity index (χ1) is 12.8. The summed E-state index contributed by atoms with van der Waals surface area (Å²) in [7, 11) is 0. The SMILES string of the molecule is O=C(Cn1ccnc1)NC1CCC(n2nnc(-c3ccccc3)n2)CC1. The Balaban J connectivity index is 1.30. The van der Waals surface area contributed by atoms with Crippen LogP contribution in [0.4, 0.5) is 0 Å². The monoisotopic (exact) mass is 351 g/mol. The van der Waals surface area contributed by atoms with Crippen molar-refractivity contribution < 1.29 is 4.79 Å². The van der Waals surface area contributed by atoms with E-state index >= 15 is 0 Å². The Morgan fingerprint density at radius 3 is 2.69 bits per heavy atom. The van der Waals surface area contributed by atoms with Gasteiger partial charge in [-0.1, -0.05) is 30.3 Å². The minimum absolute atomic E-state index is 0.0247. The Kier molecular flexibility index (Phi) is 4.72. The minimum atomic E-state index is 0.0247. The van der Waals surface area contributed by atoms with Crippen molar-refractivity contribution in [1.29, 1.82) is 0 Å². The summed E-state index contributed by atoms with van der Waals surface area (Å²) >= 11 is 0. The fourth-order valence-corrected chi connectivity index (χ4v) is 3.35. The number of amides is 1. The number of benzene rings is 1. The standard InChI is InChI=1S/C18H21N7O/c26-17(12-24-11-10-19-13-24)20-15-6-8-16(9-7-15)25-22-18(21-23-25)14-4-2-1-3-5-14/h1-5,10-11,13,15-16H,6-9,12H2,(H,20,26). The van der Waals surface area contributed by atoms with Gasteiger partial charge >= 0.3 is 0 Å². The number of rotatable bonds is 5. The van der Waals surface area contributed by atoms with Crippen molar-refractivity contribution in [3.8, 4) is 11.4 Å². The molecule has 0 spiro atoms. The van der Waals surface area contributed by atoms with E-state index in [2.05, 4.69) is 25.7 Å². The maximum Gasteiger partial charge on any atom is 0.240 e. The van der Waals surface area contributed by atoms with Crippen LogP contribution in [0.3, 0.4) is 0 Å². The highest BCUT2D eigenvalue weighted by Gasteiger charge is 2.25. The van der Waals surface area contributed by atoms with E-state index < -0.39 is 0 Å². The van der Waals surface area contributed by atoms with Crippen LogP contribution < -0.4 is 5.32 Å². The molecule has 4 rings (SSSR count). The lowest BCUT2D eigenvalue weighted by molar-refractivity contribution is -0.122. The van der Waals surface area contributed by atoms with Crippen molar-refractivity contribution in [2.75, 3.05) is 0 Å². The highest BCUT2D eigenvalue weighted by Crippen LogP contribution is 2.27. The fraction of sp³-hybridized carbons (Fsp3) is 0.389. The number of hydrogen-bond donors (Lipinski definition) is 1. The lowest BCUT2D eigenvalue weighted by atomic mass is 9.91. The quantitative estimate of drug-likeness (QED) is 0.757. The summed E-state index contributed by atoms with van der Waals surface area (Å²) < 4.78 is 1.77. The lowest BCUT2D eigenvalue weighted by Crippen LogP contribution is -2.39. The van der Waals surface area contributed by atoms with Crippen LogP contribution in [-0.4, -0.2) is 41.7 Å². The number of carbonyl (C=O) groups excluding carboxylic acids is 1. The third-order valence-corrected chi connectivity index (χ3v) is 4.73. The maximum absolute atomic E-state index is 12.1. The molecule has 0 unspecified atom stereocenters. The summed E-state index contributed by atoms with van der Waals surface area (Å²) in [6, 6.07) is 10.3. The van der Waals surface area contributed by atoms with Gasteiger partial charge in [0.15, 0.2) is 0 Å². The average Bonchev–Trinajstić information content (AvgIpc) is 3.35. The van der Waals surface area contributed by atoms with Crippen molar-refractivity contribution in [3.05, 3.63) is 49.1 Å². The topological polar surface area (TPSA) is 90.5 Å². The van der Waals surface area contributed by atoms with E-state index in [4.69, 9.17) is 0 Å². The van der Waals surface area contributed by atoms with Crippen LogP contribution in [0.2, 0.25) is 0 Å². The number of carbonyl (C=O) groups is 1. The van der Waals surface area contributed by atoms with Crippen molar-refractivity contribution in [1.82, 2.24) is 35.1 Å². The molecule has 3 aromatic rings. The Bertz CT molecular complexity index is 836. The summed E-state index contributed by atoms with van der Waals surface area (Å²) in [5.74, 6) is 0.679. The molecule has 8 nitrogen and oxygen atoms in total. The molecule has 1 aromatic carbocycles. The second-order valence-electron chi connectivity index (χ2n) is 6.61. The predicted molar refractivity (Wildman–Crippen MR) is 94.9 cm³/mol. The van der Waals surface area contributed by atoms with E-state index in [0.29, 0.717) is 12.4 Å². The van der Waals surface area contributed by atoms with Gasteiger partial charge in [0.05, 0.1) is 12.4 Å². The molecule has 1 aliphatic carbocycles. The van der Waals surface area contributed by atoms with Crippen LogP contribution >= 0.6 is 0 Å². The van der Waals surface area contributed by atoms with Crippen LogP contribution in [0, 0.1) is 0 Å². The normalized spacial score (nSPS) is 20.0. The van der Waals surface area contributed by atoms with Crippen LogP contribution in [-0.2, 0) is 11.3 Å². The van der Waals surface area contributed by atoms with Gasteiger partial charge in [0.25, 0.3) is 0 Å². The predicted octanol–water partition coefficient (Wildman–Crippen LogP) is 1.84. The molecule has 8 heteroatoms. The van der Waals surface area contributed by atoms with E-state index in [0.717, 1.165) is 31.2 Å². The first-order valence-corrected chi connectivity index (χ1v) is 8.88. The Morgan fingerprint density at radius 2 is 1.96 bits per heavy atom. The van der Waals surface area contributed by atoms with Gasteiger partial charge in [0.2, 0.25) is 11.7 Å². The zero-order chi connectivity index (χ0) is 17.8. The van der Waals surface area contributed by atoms with E-state index in [-0.39, 0.29) is 18.0 Å². The number of nitrogens with one attached hydrogen (secondary N) is 1. The van der Waals surface area contributed by atoms with E-state index in [1.165, 1.54) is 0 Å². The first-order valence-electron chi connectivity index (χ1n) is 8.88. The number of hydrogen-bond acceptors (Lipinski definition) is 5. The Hall–Kier alpha value is -3.03. The number of nitrogens with zero attached hydrogens (tertiary/aromatic N) is 6. The molecule has 0 saturated heterocycles. The molecule has 26 heavy (non-hydrogen) atoms.